The average Bonchev–Trinajstić information content (AvgIpc) is 2.39. The molecule has 19 heavy (non-hydrogen) atoms. The molecule has 0 aliphatic rings. The van der Waals surface area contributed by atoms with E-state index in [1.54, 1.807) is 11.9 Å². The Morgan fingerprint density at radius 2 is 2.32 bits per heavy atom. The van der Waals surface area contributed by atoms with E-state index in [2.05, 4.69) is 11.2 Å². The first-order valence-corrected chi connectivity index (χ1v) is 6.21. The van der Waals surface area contributed by atoms with Crippen molar-refractivity contribution in [2.45, 2.75) is 6.92 Å². The summed E-state index contributed by atoms with van der Waals surface area (Å²) in [5, 5.41) is 2.86. The molecule has 0 spiro atoms. The largest absolute Gasteiger partial charge is 0.492 e. The van der Waals surface area contributed by atoms with Gasteiger partial charge in [-0.1, -0.05) is 18.1 Å². The Morgan fingerprint density at radius 1 is 1.53 bits per heavy atom. The second-order valence-corrected chi connectivity index (χ2v) is 4.29. The molecule has 0 heterocycles. The lowest BCUT2D eigenvalue weighted by atomic mass is 10.2. The zero-order chi connectivity index (χ0) is 14.1. The zero-order valence-corrected chi connectivity index (χ0v) is 11.5. The van der Waals surface area contributed by atoms with Crippen molar-refractivity contribution >= 4 is 5.91 Å². The molecule has 0 bridgehead atoms. The standard InChI is InChI=1S/C15H20N2O2/c1-4-8-16-12-15(18)17(3)9-10-19-14-7-5-6-13(2)11-14/h1,5-7,11,16H,8-10,12H2,2-3H3. The number of aryl methyl sites for hydroxylation is 1. The first-order valence-electron chi connectivity index (χ1n) is 6.21. The molecule has 0 aliphatic heterocycles. The smallest absolute Gasteiger partial charge is 0.236 e. The second kappa shape index (κ2) is 8.17. The van der Waals surface area contributed by atoms with E-state index in [1.165, 1.54) is 0 Å². The topological polar surface area (TPSA) is 41.6 Å². The quantitative estimate of drug-likeness (QED) is 0.588. The summed E-state index contributed by atoms with van der Waals surface area (Å²) in [7, 11) is 1.75. The van der Waals surface area contributed by atoms with Crippen molar-refractivity contribution in [1.82, 2.24) is 10.2 Å². The van der Waals surface area contributed by atoms with Gasteiger partial charge in [0.2, 0.25) is 5.91 Å². The SMILES string of the molecule is C#CCNCC(=O)N(C)CCOc1cccc(C)c1. The van der Waals surface area contributed by atoms with Gasteiger partial charge in [-0.3, -0.25) is 10.1 Å². The molecule has 1 N–H and O–H groups in total. The third kappa shape index (κ3) is 5.94. The van der Waals surface area contributed by atoms with Crippen LogP contribution in [-0.4, -0.2) is 44.1 Å². The van der Waals surface area contributed by atoms with E-state index in [-0.39, 0.29) is 12.5 Å². The van der Waals surface area contributed by atoms with Gasteiger partial charge in [0.1, 0.15) is 12.4 Å². The Labute approximate surface area is 114 Å². The average molecular weight is 260 g/mol. The fourth-order valence-electron chi connectivity index (χ4n) is 1.51. The number of carbonyl (C=O) groups excluding carboxylic acids is 1. The van der Waals surface area contributed by atoms with Crippen molar-refractivity contribution in [2.75, 3.05) is 33.3 Å². The molecule has 1 amide bonds. The lowest BCUT2D eigenvalue weighted by Gasteiger charge is -2.17. The van der Waals surface area contributed by atoms with Crippen LogP contribution in [0, 0.1) is 19.3 Å². The first-order chi connectivity index (χ1) is 9.13. The summed E-state index contributed by atoms with van der Waals surface area (Å²) in [5.41, 5.74) is 1.15. The third-order valence-electron chi connectivity index (χ3n) is 2.61. The van der Waals surface area contributed by atoms with E-state index in [0.717, 1.165) is 11.3 Å². The summed E-state index contributed by atoms with van der Waals surface area (Å²) < 4.78 is 5.59. The zero-order valence-electron chi connectivity index (χ0n) is 11.5. The molecular weight excluding hydrogens is 240 g/mol. The number of hydrogen-bond acceptors (Lipinski definition) is 3. The summed E-state index contributed by atoms with van der Waals surface area (Å²) in [6, 6.07) is 7.84. The van der Waals surface area contributed by atoms with Crippen LogP contribution in [0.15, 0.2) is 24.3 Å². The molecule has 1 aromatic rings. The molecule has 0 saturated carbocycles. The van der Waals surface area contributed by atoms with Crippen LogP contribution in [0.5, 0.6) is 5.75 Å². The first kappa shape index (κ1) is 15.1. The number of nitrogens with zero attached hydrogens (tertiary/aromatic N) is 1. The number of ether oxygens (including phenoxy) is 1. The molecule has 0 atom stereocenters. The van der Waals surface area contributed by atoms with Crippen LogP contribution in [0.1, 0.15) is 5.56 Å². The van der Waals surface area contributed by atoms with Gasteiger partial charge < -0.3 is 9.64 Å². The number of hydrogen-bond donors (Lipinski definition) is 1. The Hall–Kier alpha value is -1.99. The van der Waals surface area contributed by atoms with Crippen molar-refractivity contribution in [3.8, 4) is 18.1 Å². The van der Waals surface area contributed by atoms with Gasteiger partial charge in [-0.2, -0.15) is 0 Å². The molecule has 0 saturated heterocycles. The fourth-order valence-corrected chi connectivity index (χ4v) is 1.51. The summed E-state index contributed by atoms with van der Waals surface area (Å²) in [6.07, 6.45) is 5.09. The van der Waals surface area contributed by atoms with E-state index in [9.17, 15) is 4.79 Å². The second-order valence-electron chi connectivity index (χ2n) is 4.29. The molecule has 102 valence electrons. The van der Waals surface area contributed by atoms with Crippen molar-refractivity contribution in [1.29, 1.82) is 0 Å². The third-order valence-corrected chi connectivity index (χ3v) is 2.61. The van der Waals surface area contributed by atoms with Gasteiger partial charge >= 0.3 is 0 Å². The van der Waals surface area contributed by atoms with Gasteiger partial charge in [-0.15, -0.1) is 6.42 Å². The molecule has 0 aliphatic carbocycles. The molecule has 1 rings (SSSR count). The van der Waals surface area contributed by atoms with Gasteiger partial charge in [-0.05, 0) is 24.6 Å². The van der Waals surface area contributed by atoms with Crippen LogP contribution in [0.4, 0.5) is 0 Å². The van der Waals surface area contributed by atoms with Crippen molar-refractivity contribution in [2.24, 2.45) is 0 Å². The molecule has 4 heteroatoms. The molecule has 4 nitrogen and oxygen atoms in total. The highest BCUT2D eigenvalue weighted by Crippen LogP contribution is 2.11. The number of benzene rings is 1. The number of rotatable bonds is 7. The summed E-state index contributed by atoms with van der Waals surface area (Å²) in [6.45, 7) is 3.69. The van der Waals surface area contributed by atoms with Crippen LogP contribution >= 0.6 is 0 Å². The Kier molecular flexibility index (Phi) is 6.48. The Morgan fingerprint density at radius 3 is 3.00 bits per heavy atom. The predicted molar refractivity (Wildman–Crippen MR) is 76.0 cm³/mol. The molecule has 0 aromatic heterocycles. The van der Waals surface area contributed by atoms with Gasteiger partial charge in [0.05, 0.1) is 19.6 Å². The predicted octanol–water partition coefficient (Wildman–Crippen LogP) is 1.06. The molecule has 0 unspecified atom stereocenters. The highest BCUT2D eigenvalue weighted by molar-refractivity contribution is 5.77. The highest BCUT2D eigenvalue weighted by atomic mass is 16.5. The Bertz CT molecular complexity index is 452. The highest BCUT2D eigenvalue weighted by Gasteiger charge is 2.07. The van der Waals surface area contributed by atoms with Gasteiger partial charge in [-0.25, -0.2) is 0 Å². The van der Waals surface area contributed by atoms with Gasteiger partial charge in [0.25, 0.3) is 0 Å². The van der Waals surface area contributed by atoms with Crippen molar-refractivity contribution < 1.29 is 9.53 Å². The summed E-state index contributed by atoms with van der Waals surface area (Å²) in [5.74, 6) is 3.25. The number of carbonyl (C=O) groups is 1. The monoisotopic (exact) mass is 260 g/mol. The minimum atomic E-state index is 0.00286. The van der Waals surface area contributed by atoms with Crippen molar-refractivity contribution in [3.63, 3.8) is 0 Å². The molecule has 0 fully saturated rings. The van der Waals surface area contributed by atoms with Crippen LogP contribution < -0.4 is 10.1 Å². The molecule has 1 aromatic carbocycles. The summed E-state index contributed by atoms with van der Waals surface area (Å²) >= 11 is 0. The van der Waals surface area contributed by atoms with Crippen LogP contribution in [0.3, 0.4) is 0 Å². The summed E-state index contributed by atoms with van der Waals surface area (Å²) in [4.78, 5) is 13.3. The van der Waals surface area contributed by atoms with Gasteiger partial charge in [0, 0.05) is 7.05 Å². The van der Waals surface area contributed by atoms with Crippen LogP contribution in [-0.2, 0) is 4.79 Å². The molecule has 0 radical (unpaired) electrons. The van der Waals surface area contributed by atoms with Crippen LogP contribution in [0.25, 0.3) is 0 Å². The molecular formula is C15H20N2O2. The fraction of sp³-hybridized carbons (Fsp3) is 0.400. The number of amides is 1. The normalized spacial score (nSPS) is 9.74. The maximum atomic E-state index is 11.7. The van der Waals surface area contributed by atoms with Crippen molar-refractivity contribution in [3.05, 3.63) is 29.8 Å². The number of likely N-dealkylation sites (N-methyl/N-ethyl adjacent to an activating group) is 1. The lowest BCUT2D eigenvalue weighted by Crippen LogP contribution is -2.37. The lowest BCUT2D eigenvalue weighted by molar-refractivity contribution is -0.129. The number of terminal acetylenes is 1. The van der Waals surface area contributed by atoms with Crippen LogP contribution in [0.2, 0.25) is 0 Å². The minimum Gasteiger partial charge on any atom is -0.492 e. The number of nitrogens with one attached hydrogen (secondary N) is 1. The van der Waals surface area contributed by atoms with E-state index >= 15 is 0 Å². The maximum absolute atomic E-state index is 11.7. The maximum Gasteiger partial charge on any atom is 0.236 e. The minimum absolute atomic E-state index is 0.00286. The van der Waals surface area contributed by atoms with E-state index in [4.69, 9.17) is 11.2 Å². The van der Waals surface area contributed by atoms with Gasteiger partial charge in [0.15, 0.2) is 0 Å². The Balaban J connectivity index is 2.25. The van der Waals surface area contributed by atoms with E-state index in [0.29, 0.717) is 19.7 Å². The van der Waals surface area contributed by atoms with E-state index in [1.807, 2.05) is 31.2 Å². The van der Waals surface area contributed by atoms with E-state index < -0.39 is 0 Å².